The first kappa shape index (κ1) is 15.6. The molecule has 0 radical (unpaired) electrons. The maximum Gasteiger partial charge on any atom is 0.121 e. The molecule has 1 unspecified atom stereocenters. The van der Waals surface area contributed by atoms with Crippen LogP contribution in [-0.2, 0) is 0 Å². The number of ether oxygens (including phenoxy) is 1. The summed E-state index contributed by atoms with van der Waals surface area (Å²) in [5.41, 5.74) is 2.01. The number of pyridine rings is 1. The predicted octanol–water partition coefficient (Wildman–Crippen LogP) is 3.43. The number of anilines is 1. The zero-order valence-corrected chi connectivity index (χ0v) is 13.1. The number of nitrogens with zero attached hydrogens (tertiary/aromatic N) is 1. The number of hydrogen-bond donors (Lipinski definition) is 2. The van der Waals surface area contributed by atoms with E-state index in [2.05, 4.69) is 35.5 Å². The van der Waals surface area contributed by atoms with Crippen LogP contribution in [0.5, 0.6) is 5.75 Å². The van der Waals surface area contributed by atoms with E-state index in [4.69, 9.17) is 4.74 Å². The highest BCUT2D eigenvalue weighted by Gasteiger charge is 2.05. The van der Waals surface area contributed by atoms with Crippen molar-refractivity contribution in [1.29, 1.82) is 0 Å². The number of nitrogens with one attached hydrogen (secondary N) is 2. The van der Waals surface area contributed by atoms with Gasteiger partial charge in [0.15, 0.2) is 0 Å². The van der Waals surface area contributed by atoms with Crippen molar-refractivity contribution in [1.82, 2.24) is 10.3 Å². The van der Waals surface area contributed by atoms with E-state index in [-0.39, 0.29) is 0 Å². The number of hydrogen-bond acceptors (Lipinski definition) is 4. The van der Waals surface area contributed by atoms with Crippen LogP contribution in [0.15, 0.2) is 30.5 Å². The Labute approximate surface area is 126 Å². The van der Waals surface area contributed by atoms with Crippen LogP contribution in [0.3, 0.4) is 0 Å². The molecule has 114 valence electrons. The summed E-state index contributed by atoms with van der Waals surface area (Å²) >= 11 is 0. The fraction of sp³-hybridized carbons (Fsp3) is 0.471. The molecular formula is C17H25N3O. The van der Waals surface area contributed by atoms with Gasteiger partial charge in [-0.1, -0.05) is 19.4 Å². The van der Waals surface area contributed by atoms with Gasteiger partial charge in [-0.05, 0) is 25.5 Å². The summed E-state index contributed by atoms with van der Waals surface area (Å²) in [5, 5.41) is 8.06. The van der Waals surface area contributed by atoms with Gasteiger partial charge in [-0.15, -0.1) is 0 Å². The van der Waals surface area contributed by atoms with Gasteiger partial charge in [0.1, 0.15) is 5.75 Å². The monoisotopic (exact) mass is 287 g/mol. The first-order valence-corrected chi connectivity index (χ1v) is 7.64. The van der Waals surface area contributed by atoms with Gasteiger partial charge in [0.2, 0.25) is 0 Å². The number of rotatable bonds is 8. The first-order valence-electron chi connectivity index (χ1n) is 7.64. The Balaban J connectivity index is 2.00. The van der Waals surface area contributed by atoms with E-state index < -0.39 is 0 Å². The molecular weight excluding hydrogens is 262 g/mol. The minimum atomic E-state index is 0.567. The summed E-state index contributed by atoms with van der Waals surface area (Å²) < 4.78 is 5.36. The lowest BCUT2D eigenvalue weighted by Gasteiger charge is -2.14. The van der Waals surface area contributed by atoms with Crippen LogP contribution < -0.4 is 15.4 Å². The summed E-state index contributed by atoms with van der Waals surface area (Å²) in [7, 11) is 1.69. The molecule has 2 aromatic rings. The SMILES string of the molecule is CCCC(C)NCCNc1cc(OC)cc2cccnc12. The van der Waals surface area contributed by atoms with Crippen LogP contribution in [0.1, 0.15) is 26.7 Å². The van der Waals surface area contributed by atoms with Crippen LogP contribution in [-0.4, -0.2) is 31.2 Å². The average molecular weight is 287 g/mol. The molecule has 0 saturated heterocycles. The lowest BCUT2D eigenvalue weighted by atomic mass is 10.1. The highest BCUT2D eigenvalue weighted by atomic mass is 16.5. The third-order valence-electron chi connectivity index (χ3n) is 3.57. The molecule has 0 aliphatic carbocycles. The Hall–Kier alpha value is -1.81. The number of methoxy groups -OCH3 is 1. The summed E-state index contributed by atoms with van der Waals surface area (Å²) in [4.78, 5) is 4.46. The molecule has 4 nitrogen and oxygen atoms in total. The second-order valence-electron chi connectivity index (χ2n) is 5.32. The minimum absolute atomic E-state index is 0.567. The highest BCUT2D eigenvalue weighted by Crippen LogP contribution is 2.27. The molecule has 1 atom stereocenters. The van der Waals surface area contributed by atoms with Crippen molar-refractivity contribution < 1.29 is 4.74 Å². The topological polar surface area (TPSA) is 46.2 Å². The summed E-state index contributed by atoms with van der Waals surface area (Å²) in [6, 6.07) is 8.58. The maximum atomic E-state index is 5.36. The van der Waals surface area contributed by atoms with Gasteiger partial charge in [0.25, 0.3) is 0 Å². The van der Waals surface area contributed by atoms with Crippen molar-refractivity contribution in [3.05, 3.63) is 30.5 Å². The largest absolute Gasteiger partial charge is 0.497 e. The van der Waals surface area contributed by atoms with E-state index in [0.29, 0.717) is 6.04 Å². The fourth-order valence-corrected chi connectivity index (χ4v) is 2.47. The van der Waals surface area contributed by atoms with Gasteiger partial charge in [-0.2, -0.15) is 0 Å². The standard InChI is InChI=1S/C17H25N3O/c1-4-6-13(2)18-9-10-19-16-12-15(21-3)11-14-7-5-8-20-17(14)16/h5,7-8,11-13,18-19H,4,6,9-10H2,1-3H3. The molecule has 2 N–H and O–H groups in total. The Morgan fingerprint density at radius 1 is 1.29 bits per heavy atom. The van der Waals surface area contributed by atoms with Crippen molar-refractivity contribution in [3.8, 4) is 5.75 Å². The summed E-state index contributed by atoms with van der Waals surface area (Å²) in [6.45, 7) is 6.25. The molecule has 21 heavy (non-hydrogen) atoms. The van der Waals surface area contributed by atoms with Gasteiger partial charge in [-0.3, -0.25) is 4.98 Å². The lowest BCUT2D eigenvalue weighted by molar-refractivity contribution is 0.415. The van der Waals surface area contributed by atoms with Crippen molar-refractivity contribution in [2.75, 3.05) is 25.5 Å². The van der Waals surface area contributed by atoms with Gasteiger partial charge >= 0.3 is 0 Å². The van der Waals surface area contributed by atoms with Crippen LogP contribution >= 0.6 is 0 Å². The van der Waals surface area contributed by atoms with E-state index in [0.717, 1.165) is 35.4 Å². The summed E-state index contributed by atoms with van der Waals surface area (Å²) in [6.07, 6.45) is 4.25. The second-order valence-corrected chi connectivity index (χ2v) is 5.32. The molecule has 0 bridgehead atoms. The molecule has 0 saturated carbocycles. The van der Waals surface area contributed by atoms with Gasteiger partial charge in [0.05, 0.1) is 18.3 Å². The molecule has 1 aromatic heterocycles. The lowest BCUT2D eigenvalue weighted by Crippen LogP contribution is -2.30. The fourth-order valence-electron chi connectivity index (χ4n) is 2.47. The minimum Gasteiger partial charge on any atom is -0.497 e. The van der Waals surface area contributed by atoms with Crippen LogP contribution in [0.25, 0.3) is 10.9 Å². The second kappa shape index (κ2) is 7.84. The third-order valence-corrected chi connectivity index (χ3v) is 3.57. The van der Waals surface area contributed by atoms with Gasteiger partial charge in [0, 0.05) is 36.8 Å². The van der Waals surface area contributed by atoms with Gasteiger partial charge in [-0.25, -0.2) is 0 Å². The first-order chi connectivity index (χ1) is 10.2. The molecule has 0 aliphatic heterocycles. The van der Waals surface area contributed by atoms with Crippen LogP contribution in [0.4, 0.5) is 5.69 Å². The zero-order chi connectivity index (χ0) is 15.1. The quantitative estimate of drug-likeness (QED) is 0.730. The molecule has 0 amide bonds. The van der Waals surface area contributed by atoms with Crippen molar-refractivity contribution in [2.45, 2.75) is 32.7 Å². The van der Waals surface area contributed by atoms with Crippen molar-refractivity contribution in [3.63, 3.8) is 0 Å². The number of benzene rings is 1. The average Bonchev–Trinajstić information content (AvgIpc) is 2.51. The number of aromatic nitrogens is 1. The Kier molecular flexibility index (Phi) is 5.81. The predicted molar refractivity (Wildman–Crippen MR) is 89.2 cm³/mol. The van der Waals surface area contributed by atoms with E-state index in [1.807, 2.05) is 24.4 Å². The van der Waals surface area contributed by atoms with E-state index in [1.165, 1.54) is 12.8 Å². The highest BCUT2D eigenvalue weighted by molar-refractivity contribution is 5.91. The Morgan fingerprint density at radius 3 is 2.90 bits per heavy atom. The smallest absolute Gasteiger partial charge is 0.121 e. The summed E-state index contributed by atoms with van der Waals surface area (Å²) in [5.74, 6) is 0.852. The molecule has 1 heterocycles. The van der Waals surface area contributed by atoms with Crippen LogP contribution in [0, 0.1) is 0 Å². The Bertz CT molecular complexity index is 571. The van der Waals surface area contributed by atoms with Crippen molar-refractivity contribution in [2.24, 2.45) is 0 Å². The zero-order valence-electron chi connectivity index (χ0n) is 13.1. The van der Waals surface area contributed by atoms with E-state index >= 15 is 0 Å². The van der Waals surface area contributed by atoms with Crippen molar-refractivity contribution >= 4 is 16.6 Å². The third kappa shape index (κ3) is 4.33. The van der Waals surface area contributed by atoms with E-state index in [9.17, 15) is 0 Å². The molecule has 0 aliphatic rings. The normalized spacial score (nSPS) is 12.3. The van der Waals surface area contributed by atoms with E-state index in [1.54, 1.807) is 7.11 Å². The Morgan fingerprint density at radius 2 is 2.14 bits per heavy atom. The molecule has 0 spiro atoms. The molecule has 0 fully saturated rings. The molecule has 4 heteroatoms. The molecule has 2 rings (SSSR count). The number of fused-ring (bicyclic) bond motifs is 1. The maximum absolute atomic E-state index is 5.36. The van der Waals surface area contributed by atoms with Crippen LogP contribution in [0.2, 0.25) is 0 Å². The van der Waals surface area contributed by atoms with Gasteiger partial charge < -0.3 is 15.4 Å². The molecule has 1 aromatic carbocycles.